The van der Waals surface area contributed by atoms with Crippen molar-refractivity contribution in [3.63, 3.8) is 0 Å². The molecule has 0 atom stereocenters. The van der Waals surface area contributed by atoms with Gasteiger partial charge in [0.1, 0.15) is 5.75 Å². The molecule has 0 radical (unpaired) electrons. The third-order valence-electron chi connectivity index (χ3n) is 3.05. The first-order valence-electron chi connectivity index (χ1n) is 6.61. The van der Waals surface area contributed by atoms with E-state index >= 15 is 0 Å². The van der Waals surface area contributed by atoms with Crippen molar-refractivity contribution in [2.75, 3.05) is 17.7 Å². The molecule has 1 amide bonds. The first-order valence-corrected chi connectivity index (χ1v) is 7.37. The molecule has 0 saturated carbocycles. The van der Waals surface area contributed by atoms with Gasteiger partial charge < -0.3 is 15.8 Å². The number of nitrogens with one attached hydrogen (secondary N) is 1. The Labute approximate surface area is 139 Å². The van der Waals surface area contributed by atoms with Gasteiger partial charge in [-0.05, 0) is 37.6 Å². The normalized spacial score (nSPS) is 10.4. The minimum absolute atomic E-state index is 0.123. The largest absolute Gasteiger partial charge is 0.483 e. The monoisotopic (exact) mass is 338 g/mol. The maximum Gasteiger partial charge on any atom is 0.262 e. The molecule has 0 aliphatic heterocycles. The molecule has 4 nitrogen and oxygen atoms in total. The summed E-state index contributed by atoms with van der Waals surface area (Å²) >= 11 is 11.9. The van der Waals surface area contributed by atoms with Gasteiger partial charge in [0.2, 0.25) is 0 Å². The number of aryl methyl sites for hydroxylation is 2. The number of carbonyl (C=O) groups excluding carboxylic acids is 1. The van der Waals surface area contributed by atoms with E-state index in [9.17, 15) is 4.79 Å². The molecule has 0 unspecified atom stereocenters. The second kappa shape index (κ2) is 6.90. The number of anilines is 2. The lowest BCUT2D eigenvalue weighted by molar-refractivity contribution is -0.118. The van der Waals surface area contributed by atoms with E-state index in [1.165, 1.54) is 12.1 Å². The van der Waals surface area contributed by atoms with E-state index in [1.54, 1.807) is 0 Å². The predicted octanol–water partition coefficient (Wildman–Crippen LogP) is 4.21. The van der Waals surface area contributed by atoms with Gasteiger partial charge in [0.25, 0.3) is 5.91 Å². The van der Waals surface area contributed by atoms with Gasteiger partial charge in [0, 0.05) is 0 Å². The number of halogens is 2. The van der Waals surface area contributed by atoms with Crippen LogP contribution >= 0.6 is 23.2 Å². The van der Waals surface area contributed by atoms with Gasteiger partial charge >= 0.3 is 0 Å². The van der Waals surface area contributed by atoms with Crippen LogP contribution in [0.15, 0.2) is 30.3 Å². The summed E-state index contributed by atoms with van der Waals surface area (Å²) in [6, 6.07) is 8.75. The summed E-state index contributed by atoms with van der Waals surface area (Å²) in [4.78, 5) is 11.9. The van der Waals surface area contributed by atoms with Crippen molar-refractivity contribution in [1.29, 1.82) is 0 Å². The Bertz CT molecular complexity index is 718. The highest BCUT2D eigenvalue weighted by atomic mass is 35.5. The molecule has 116 valence electrons. The zero-order valence-electron chi connectivity index (χ0n) is 12.2. The molecule has 0 aliphatic carbocycles. The fraction of sp³-hybridized carbons (Fsp3) is 0.188. The number of carbonyl (C=O) groups is 1. The molecule has 2 aromatic rings. The molecule has 0 bridgehead atoms. The van der Waals surface area contributed by atoms with Gasteiger partial charge in [-0.15, -0.1) is 0 Å². The van der Waals surface area contributed by atoms with E-state index in [1.807, 2.05) is 32.0 Å². The topological polar surface area (TPSA) is 64.3 Å². The zero-order chi connectivity index (χ0) is 16.3. The molecule has 2 rings (SSSR count). The van der Waals surface area contributed by atoms with Crippen LogP contribution in [0, 0.1) is 13.8 Å². The van der Waals surface area contributed by atoms with Crippen LogP contribution in [0.1, 0.15) is 11.1 Å². The third-order valence-corrected chi connectivity index (χ3v) is 3.69. The molecule has 0 aliphatic rings. The zero-order valence-corrected chi connectivity index (χ0v) is 13.8. The molecular weight excluding hydrogens is 323 g/mol. The van der Waals surface area contributed by atoms with Crippen LogP contribution in [0.25, 0.3) is 0 Å². The molecule has 6 heteroatoms. The summed E-state index contributed by atoms with van der Waals surface area (Å²) in [5.74, 6) is 0.338. The van der Waals surface area contributed by atoms with Crippen LogP contribution in [-0.2, 0) is 4.79 Å². The quantitative estimate of drug-likeness (QED) is 0.820. The molecule has 0 saturated heterocycles. The van der Waals surface area contributed by atoms with Gasteiger partial charge in [0.05, 0.1) is 21.4 Å². The fourth-order valence-electron chi connectivity index (χ4n) is 1.95. The first kappa shape index (κ1) is 16.5. The number of amides is 1. The number of ether oxygens (including phenoxy) is 1. The average Bonchev–Trinajstić information content (AvgIpc) is 2.44. The van der Waals surface area contributed by atoms with Crippen LogP contribution in [0.2, 0.25) is 10.0 Å². The Morgan fingerprint density at radius 2 is 1.91 bits per heavy atom. The summed E-state index contributed by atoms with van der Waals surface area (Å²) < 4.78 is 5.51. The van der Waals surface area contributed by atoms with Crippen molar-refractivity contribution in [3.05, 3.63) is 51.5 Å². The highest BCUT2D eigenvalue weighted by Crippen LogP contribution is 2.30. The summed E-state index contributed by atoms with van der Waals surface area (Å²) in [5.41, 5.74) is 8.50. The summed E-state index contributed by atoms with van der Waals surface area (Å²) in [6.07, 6.45) is 0. The lowest BCUT2D eigenvalue weighted by Gasteiger charge is -2.11. The van der Waals surface area contributed by atoms with E-state index in [-0.39, 0.29) is 12.5 Å². The van der Waals surface area contributed by atoms with Crippen LogP contribution in [0.4, 0.5) is 11.4 Å². The van der Waals surface area contributed by atoms with Crippen LogP contribution in [0.3, 0.4) is 0 Å². The number of nitrogens with two attached hydrogens (primary N) is 1. The first-order chi connectivity index (χ1) is 10.4. The van der Waals surface area contributed by atoms with Crippen LogP contribution in [0.5, 0.6) is 5.75 Å². The number of rotatable bonds is 4. The minimum Gasteiger partial charge on any atom is -0.483 e. The summed E-state index contributed by atoms with van der Waals surface area (Å²) in [5, 5.41) is 3.29. The molecular formula is C16H16Cl2N2O2. The lowest BCUT2D eigenvalue weighted by atomic mass is 10.1. The fourth-order valence-corrected chi connectivity index (χ4v) is 2.33. The maximum absolute atomic E-state index is 11.9. The Balaban J connectivity index is 2.00. The van der Waals surface area contributed by atoms with Crippen LogP contribution in [-0.4, -0.2) is 12.5 Å². The van der Waals surface area contributed by atoms with Crippen molar-refractivity contribution in [2.24, 2.45) is 0 Å². The van der Waals surface area contributed by atoms with Gasteiger partial charge in [-0.25, -0.2) is 0 Å². The smallest absolute Gasteiger partial charge is 0.262 e. The predicted molar refractivity (Wildman–Crippen MR) is 90.9 cm³/mol. The average molecular weight is 339 g/mol. The van der Waals surface area contributed by atoms with Crippen molar-refractivity contribution >= 4 is 40.5 Å². The highest BCUT2D eigenvalue weighted by Gasteiger charge is 2.10. The molecule has 3 N–H and O–H groups in total. The summed E-state index contributed by atoms with van der Waals surface area (Å²) in [6.45, 7) is 3.80. The van der Waals surface area contributed by atoms with Gasteiger partial charge in [-0.1, -0.05) is 40.9 Å². The Hall–Kier alpha value is -1.91. The van der Waals surface area contributed by atoms with E-state index < -0.39 is 0 Å². The van der Waals surface area contributed by atoms with Crippen molar-refractivity contribution in [2.45, 2.75) is 13.8 Å². The summed E-state index contributed by atoms with van der Waals surface area (Å²) in [7, 11) is 0. The number of hydrogen-bond acceptors (Lipinski definition) is 3. The van der Waals surface area contributed by atoms with E-state index in [0.717, 1.165) is 11.1 Å². The Kier molecular flexibility index (Phi) is 5.16. The van der Waals surface area contributed by atoms with Crippen molar-refractivity contribution in [1.82, 2.24) is 0 Å². The van der Waals surface area contributed by atoms with E-state index in [4.69, 9.17) is 33.7 Å². The number of nitrogen functional groups attached to an aromatic ring is 1. The van der Waals surface area contributed by atoms with Crippen molar-refractivity contribution < 1.29 is 9.53 Å². The van der Waals surface area contributed by atoms with Gasteiger partial charge in [-0.3, -0.25) is 4.79 Å². The maximum atomic E-state index is 11.9. The Morgan fingerprint density at radius 3 is 2.59 bits per heavy atom. The van der Waals surface area contributed by atoms with Gasteiger partial charge in [-0.2, -0.15) is 0 Å². The van der Waals surface area contributed by atoms with Crippen molar-refractivity contribution in [3.8, 4) is 5.75 Å². The molecule has 0 heterocycles. The lowest BCUT2D eigenvalue weighted by Crippen LogP contribution is -2.20. The van der Waals surface area contributed by atoms with Gasteiger partial charge in [0.15, 0.2) is 6.61 Å². The van der Waals surface area contributed by atoms with E-state index in [2.05, 4.69) is 5.32 Å². The molecule has 2 aromatic carbocycles. The number of hydrogen-bond donors (Lipinski definition) is 2. The second-order valence-corrected chi connectivity index (χ2v) is 5.77. The number of benzene rings is 2. The Morgan fingerprint density at radius 1 is 1.18 bits per heavy atom. The molecule has 0 aromatic heterocycles. The van der Waals surface area contributed by atoms with E-state index in [0.29, 0.717) is 27.2 Å². The second-order valence-electron chi connectivity index (χ2n) is 4.96. The molecule has 0 fully saturated rings. The minimum atomic E-state index is -0.331. The SMILES string of the molecule is Cc1ccc(OCC(=O)Nc2cc(Cl)c(N)cc2Cl)c(C)c1. The van der Waals surface area contributed by atoms with Crippen LogP contribution < -0.4 is 15.8 Å². The molecule has 22 heavy (non-hydrogen) atoms. The third kappa shape index (κ3) is 4.06. The highest BCUT2D eigenvalue weighted by molar-refractivity contribution is 6.37. The molecule has 0 spiro atoms. The standard InChI is InChI=1S/C16H16Cl2N2O2/c1-9-3-4-15(10(2)5-9)22-8-16(21)20-14-7-11(17)13(19)6-12(14)18/h3-7H,8,19H2,1-2H3,(H,20,21).